The maximum absolute atomic E-state index is 14.0. The van der Waals surface area contributed by atoms with Crippen molar-refractivity contribution < 1.29 is 9.18 Å². The third-order valence-electron chi connectivity index (χ3n) is 5.10. The summed E-state index contributed by atoms with van der Waals surface area (Å²) in [6.07, 6.45) is 0.878. The monoisotopic (exact) mass is 331 g/mol. The van der Waals surface area contributed by atoms with Crippen LogP contribution >= 0.6 is 0 Å². The van der Waals surface area contributed by atoms with Gasteiger partial charge in [-0.1, -0.05) is 6.92 Å². The van der Waals surface area contributed by atoms with E-state index in [-0.39, 0.29) is 11.9 Å². The molecule has 2 aromatic rings. The molecular weight excluding hydrogens is 309 g/mol. The third-order valence-corrected chi connectivity index (χ3v) is 5.10. The van der Waals surface area contributed by atoms with Gasteiger partial charge in [0.25, 0.3) is 5.91 Å². The fraction of sp³-hybridized carbons (Fsp3) is 0.529. The second kappa shape index (κ2) is 5.73. The zero-order chi connectivity index (χ0) is 16.8. The number of carbonyl (C=O) groups excluding carboxylic acids is 1. The summed E-state index contributed by atoms with van der Waals surface area (Å²) in [5.74, 6) is 0.215. The van der Waals surface area contributed by atoms with Crippen LogP contribution in [0.15, 0.2) is 12.1 Å². The Morgan fingerprint density at radius 2 is 2.04 bits per heavy atom. The molecule has 128 valence electrons. The topological polar surface area (TPSA) is 53.4 Å². The summed E-state index contributed by atoms with van der Waals surface area (Å²) >= 11 is 0. The number of aromatic nitrogens is 2. The Labute approximate surface area is 140 Å². The van der Waals surface area contributed by atoms with Gasteiger partial charge in [-0.3, -0.25) is 4.79 Å². The molecule has 7 heteroatoms. The zero-order valence-electron chi connectivity index (χ0n) is 14.0. The number of piperazine rings is 1. The van der Waals surface area contributed by atoms with Crippen LogP contribution in [-0.4, -0.2) is 60.1 Å². The molecule has 0 unspecified atom stereocenters. The number of hydrogen-bond donors (Lipinski definition) is 1. The van der Waals surface area contributed by atoms with Crippen LogP contribution in [0.5, 0.6) is 0 Å². The lowest BCUT2D eigenvalue weighted by atomic mass is 10.1. The number of carbonyl (C=O) groups is 1. The van der Waals surface area contributed by atoms with Gasteiger partial charge >= 0.3 is 0 Å². The van der Waals surface area contributed by atoms with Crippen molar-refractivity contribution in [1.82, 2.24) is 19.8 Å². The Kier molecular flexibility index (Phi) is 3.68. The maximum atomic E-state index is 14.0. The number of anilines is 1. The molecule has 1 N–H and O–H groups in total. The van der Waals surface area contributed by atoms with E-state index in [1.165, 1.54) is 12.1 Å². The average molecular weight is 331 g/mol. The van der Waals surface area contributed by atoms with Crippen molar-refractivity contribution in [1.29, 1.82) is 0 Å². The van der Waals surface area contributed by atoms with Gasteiger partial charge < -0.3 is 19.7 Å². The zero-order valence-corrected chi connectivity index (χ0v) is 14.0. The van der Waals surface area contributed by atoms with Crippen LogP contribution in [0.2, 0.25) is 0 Å². The largest absolute Gasteiger partial charge is 0.350 e. The predicted octanol–water partition coefficient (Wildman–Crippen LogP) is 1.62. The highest BCUT2D eigenvalue weighted by molar-refractivity contribution is 6.06. The van der Waals surface area contributed by atoms with Crippen molar-refractivity contribution >= 4 is 22.9 Å². The molecule has 24 heavy (non-hydrogen) atoms. The van der Waals surface area contributed by atoms with Crippen molar-refractivity contribution in [2.45, 2.75) is 19.4 Å². The van der Waals surface area contributed by atoms with Crippen LogP contribution in [-0.2, 0) is 0 Å². The lowest BCUT2D eigenvalue weighted by Crippen LogP contribution is -2.45. The molecule has 1 aromatic carbocycles. The molecule has 1 aromatic heterocycles. The first-order valence-corrected chi connectivity index (χ1v) is 8.51. The number of nitrogens with one attached hydrogen (secondary N) is 1. The second-order valence-corrected chi connectivity index (χ2v) is 6.67. The van der Waals surface area contributed by atoms with E-state index in [0.29, 0.717) is 17.6 Å². The Hall–Kier alpha value is -2.15. The molecule has 3 heterocycles. The van der Waals surface area contributed by atoms with E-state index in [1.807, 2.05) is 0 Å². The number of imidazole rings is 1. The van der Waals surface area contributed by atoms with Crippen molar-refractivity contribution in [2.75, 3.05) is 44.7 Å². The summed E-state index contributed by atoms with van der Waals surface area (Å²) in [6, 6.07) is 2.88. The first-order valence-electron chi connectivity index (χ1n) is 8.51. The number of hydrogen-bond acceptors (Lipinski definition) is 4. The Bertz CT molecular complexity index is 794. The fourth-order valence-corrected chi connectivity index (χ4v) is 3.66. The molecule has 0 bridgehead atoms. The van der Waals surface area contributed by atoms with Crippen LogP contribution in [0.1, 0.15) is 29.7 Å². The number of rotatable bonds is 2. The second-order valence-electron chi connectivity index (χ2n) is 6.67. The van der Waals surface area contributed by atoms with E-state index in [1.54, 1.807) is 0 Å². The van der Waals surface area contributed by atoms with Gasteiger partial charge in [-0.15, -0.1) is 0 Å². The van der Waals surface area contributed by atoms with Crippen LogP contribution in [0.3, 0.4) is 0 Å². The molecule has 2 aliphatic rings. The Morgan fingerprint density at radius 3 is 2.75 bits per heavy atom. The lowest BCUT2D eigenvalue weighted by molar-refractivity contribution is 0.0952. The minimum Gasteiger partial charge on any atom is -0.350 e. The molecule has 1 saturated heterocycles. The smallest absolute Gasteiger partial charge is 0.253 e. The van der Waals surface area contributed by atoms with Crippen LogP contribution in [0, 0.1) is 5.82 Å². The molecule has 0 spiro atoms. The highest BCUT2D eigenvalue weighted by atomic mass is 19.1. The van der Waals surface area contributed by atoms with E-state index in [9.17, 15) is 9.18 Å². The van der Waals surface area contributed by atoms with Crippen LogP contribution in [0.25, 0.3) is 11.0 Å². The van der Waals surface area contributed by atoms with Gasteiger partial charge in [0.15, 0.2) is 0 Å². The standard InChI is InChI=1S/C17H22FN5O/c1-3-12-10-19-16(24)13-8-11(18)9-14-15(13)23(12)17(20-14)22-6-4-21(2)5-7-22/h8-9,12H,3-7,10H2,1-2H3,(H,19,24)/t12-/m1/s1. The van der Waals surface area contributed by atoms with Crippen molar-refractivity contribution in [3.63, 3.8) is 0 Å². The van der Waals surface area contributed by atoms with Crippen molar-refractivity contribution in [2.24, 2.45) is 0 Å². The normalized spacial score (nSPS) is 21.9. The fourth-order valence-electron chi connectivity index (χ4n) is 3.66. The summed E-state index contributed by atoms with van der Waals surface area (Å²) in [5, 5.41) is 2.92. The van der Waals surface area contributed by atoms with Gasteiger partial charge in [-0.25, -0.2) is 9.37 Å². The number of halogens is 1. The van der Waals surface area contributed by atoms with E-state index in [2.05, 4.69) is 33.7 Å². The van der Waals surface area contributed by atoms with E-state index < -0.39 is 5.82 Å². The van der Waals surface area contributed by atoms with E-state index in [0.717, 1.165) is 44.1 Å². The number of nitrogens with zero attached hydrogens (tertiary/aromatic N) is 4. The number of benzene rings is 1. The summed E-state index contributed by atoms with van der Waals surface area (Å²) in [5.41, 5.74) is 1.70. The van der Waals surface area contributed by atoms with Crippen LogP contribution < -0.4 is 10.2 Å². The molecule has 2 aliphatic heterocycles. The molecule has 1 amide bonds. The van der Waals surface area contributed by atoms with E-state index in [4.69, 9.17) is 4.98 Å². The molecule has 0 radical (unpaired) electrons. The molecule has 4 rings (SSSR count). The Balaban J connectivity index is 1.93. The van der Waals surface area contributed by atoms with Gasteiger partial charge in [0.2, 0.25) is 5.95 Å². The minimum absolute atomic E-state index is 0.125. The van der Waals surface area contributed by atoms with Crippen molar-refractivity contribution in [3.05, 3.63) is 23.5 Å². The first kappa shape index (κ1) is 15.4. The molecular formula is C17H22FN5O. The highest BCUT2D eigenvalue weighted by Gasteiger charge is 2.30. The summed E-state index contributed by atoms with van der Waals surface area (Å²) in [7, 11) is 2.11. The maximum Gasteiger partial charge on any atom is 0.253 e. The van der Waals surface area contributed by atoms with Gasteiger partial charge in [0, 0.05) is 38.8 Å². The highest BCUT2D eigenvalue weighted by Crippen LogP contribution is 2.33. The number of amides is 1. The SMILES string of the molecule is CC[C@@H]1CNC(=O)c2cc(F)cc3nc(N4CCN(C)CC4)n1c23. The summed E-state index contributed by atoms with van der Waals surface area (Å²) < 4.78 is 16.1. The predicted molar refractivity (Wildman–Crippen MR) is 91.1 cm³/mol. The Morgan fingerprint density at radius 1 is 1.29 bits per heavy atom. The molecule has 1 atom stereocenters. The lowest BCUT2D eigenvalue weighted by Gasteiger charge is -2.34. The number of likely N-dealkylation sites (N-methyl/N-ethyl adjacent to an activating group) is 1. The average Bonchev–Trinajstić information content (AvgIpc) is 2.87. The van der Waals surface area contributed by atoms with Gasteiger partial charge in [0.1, 0.15) is 5.82 Å². The molecule has 1 fully saturated rings. The van der Waals surface area contributed by atoms with Gasteiger partial charge in [-0.2, -0.15) is 0 Å². The molecule has 0 saturated carbocycles. The minimum atomic E-state index is -0.419. The quantitative estimate of drug-likeness (QED) is 0.909. The molecule has 0 aliphatic carbocycles. The molecule has 6 nitrogen and oxygen atoms in total. The van der Waals surface area contributed by atoms with Gasteiger partial charge in [0.05, 0.1) is 22.6 Å². The summed E-state index contributed by atoms with van der Waals surface area (Å²) in [4.78, 5) is 21.7. The first-order chi connectivity index (χ1) is 11.6. The summed E-state index contributed by atoms with van der Waals surface area (Å²) in [6.45, 7) is 6.35. The third kappa shape index (κ3) is 2.34. The van der Waals surface area contributed by atoms with Crippen molar-refractivity contribution in [3.8, 4) is 0 Å². The van der Waals surface area contributed by atoms with Gasteiger partial charge in [-0.05, 0) is 19.5 Å². The van der Waals surface area contributed by atoms with Crippen LogP contribution in [0.4, 0.5) is 10.3 Å². The van der Waals surface area contributed by atoms with E-state index >= 15 is 0 Å².